The van der Waals surface area contributed by atoms with Crippen molar-refractivity contribution in [1.82, 2.24) is 9.78 Å². The third kappa shape index (κ3) is 2.10. The number of nitrogens with zero attached hydrogens (tertiary/aromatic N) is 2. The monoisotopic (exact) mass is 324 g/mol. The molecule has 0 saturated heterocycles. The first-order valence-corrected chi connectivity index (χ1v) is 7.25. The number of rotatable bonds is 2. The van der Waals surface area contributed by atoms with E-state index in [1.54, 1.807) is 35.0 Å². The summed E-state index contributed by atoms with van der Waals surface area (Å²) in [5, 5.41) is 4.32. The Kier molecular flexibility index (Phi) is 3.02. The molecule has 1 aliphatic rings. The second kappa shape index (κ2) is 5.09. The molecule has 3 aromatic rings. The third-order valence-corrected chi connectivity index (χ3v) is 3.92. The van der Waals surface area contributed by atoms with Crippen LogP contribution in [0.1, 0.15) is 16.1 Å². The van der Waals surface area contributed by atoms with Crippen LogP contribution in [0.5, 0.6) is 5.75 Å². The van der Waals surface area contributed by atoms with E-state index in [2.05, 4.69) is 5.10 Å². The Labute approximate surface area is 136 Å². The maximum absolute atomic E-state index is 13.2. The highest BCUT2D eigenvalue weighted by Crippen LogP contribution is 2.41. The Morgan fingerprint density at radius 3 is 2.67 bits per heavy atom. The fourth-order valence-corrected chi connectivity index (χ4v) is 2.84. The van der Waals surface area contributed by atoms with Gasteiger partial charge in [-0.25, -0.2) is 9.07 Å². The zero-order chi connectivity index (χ0) is 16.8. The molecule has 0 spiro atoms. The van der Waals surface area contributed by atoms with E-state index in [1.165, 1.54) is 12.1 Å². The van der Waals surface area contributed by atoms with Crippen molar-refractivity contribution in [2.45, 2.75) is 6.61 Å². The van der Waals surface area contributed by atoms with E-state index >= 15 is 0 Å². The summed E-state index contributed by atoms with van der Waals surface area (Å²) in [5.74, 6) is -0.373. The minimum Gasteiger partial charge on any atom is -0.488 e. The number of primary amides is 1. The van der Waals surface area contributed by atoms with Crippen molar-refractivity contribution in [3.05, 3.63) is 59.5 Å². The molecule has 0 atom stereocenters. The van der Waals surface area contributed by atoms with E-state index in [4.69, 9.17) is 16.2 Å². The van der Waals surface area contributed by atoms with Gasteiger partial charge in [0.1, 0.15) is 18.2 Å². The maximum Gasteiger partial charge on any atom is 0.269 e. The van der Waals surface area contributed by atoms with Crippen molar-refractivity contribution < 1.29 is 13.9 Å². The van der Waals surface area contributed by atoms with Gasteiger partial charge in [0.2, 0.25) is 0 Å². The highest BCUT2D eigenvalue weighted by atomic mass is 19.1. The summed E-state index contributed by atoms with van der Waals surface area (Å²) in [5.41, 5.74) is 14.6. The first-order chi connectivity index (χ1) is 11.5. The van der Waals surface area contributed by atoms with Gasteiger partial charge in [0.25, 0.3) is 5.91 Å². The van der Waals surface area contributed by atoms with Crippen LogP contribution >= 0.6 is 0 Å². The molecular formula is C17H13FN4O2. The van der Waals surface area contributed by atoms with Gasteiger partial charge in [0.15, 0.2) is 5.69 Å². The van der Waals surface area contributed by atoms with Crippen LogP contribution in [-0.4, -0.2) is 15.7 Å². The number of amides is 1. The van der Waals surface area contributed by atoms with Crippen LogP contribution in [0.15, 0.2) is 42.5 Å². The Morgan fingerprint density at radius 1 is 1.21 bits per heavy atom. The fourth-order valence-electron chi connectivity index (χ4n) is 2.84. The number of nitrogen functional groups attached to an aromatic ring is 1. The summed E-state index contributed by atoms with van der Waals surface area (Å²) in [6, 6.07) is 11.1. The molecule has 2 heterocycles. The van der Waals surface area contributed by atoms with Gasteiger partial charge in [-0.15, -0.1) is 0 Å². The topological polar surface area (TPSA) is 96.2 Å². The lowest BCUT2D eigenvalue weighted by molar-refractivity contribution is 0.0992. The van der Waals surface area contributed by atoms with Crippen molar-refractivity contribution >= 4 is 11.6 Å². The second-order valence-corrected chi connectivity index (χ2v) is 5.47. The smallest absolute Gasteiger partial charge is 0.269 e. The van der Waals surface area contributed by atoms with Crippen molar-refractivity contribution in [2.24, 2.45) is 5.73 Å². The maximum atomic E-state index is 13.2. The van der Waals surface area contributed by atoms with Gasteiger partial charge < -0.3 is 16.2 Å². The van der Waals surface area contributed by atoms with Gasteiger partial charge in [-0.05, 0) is 42.5 Å². The summed E-state index contributed by atoms with van der Waals surface area (Å²) in [6.07, 6.45) is 0. The standard InChI is InChI=1S/C17H13FN4O2/c18-9-1-4-11(5-2-9)22-16-12-7-10(19)3-6-14(12)24-8-13(16)15(21-22)17(20)23/h1-7H,8,19H2,(H2,20,23). The summed E-state index contributed by atoms with van der Waals surface area (Å²) in [7, 11) is 0. The number of fused-ring (bicyclic) bond motifs is 3. The van der Waals surface area contributed by atoms with E-state index in [0.29, 0.717) is 33.9 Å². The molecule has 1 aromatic heterocycles. The van der Waals surface area contributed by atoms with E-state index < -0.39 is 5.91 Å². The number of carbonyl (C=O) groups is 1. The Hall–Kier alpha value is -3.35. The minimum absolute atomic E-state index is 0.127. The van der Waals surface area contributed by atoms with E-state index in [-0.39, 0.29) is 18.1 Å². The Morgan fingerprint density at radius 2 is 1.96 bits per heavy atom. The number of ether oxygens (including phenoxy) is 1. The molecule has 120 valence electrons. The van der Waals surface area contributed by atoms with Crippen LogP contribution in [0.3, 0.4) is 0 Å². The lowest BCUT2D eigenvalue weighted by atomic mass is 10.0. The van der Waals surface area contributed by atoms with Gasteiger partial charge in [-0.1, -0.05) is 0 Å². The number of nitrogens with two attached hydrogens (primary N) is 2. The number of halogens is 1. The second-order valence-electron chi connectivity index (χ2n) is 5.47. The normalized spacial score (nSPS) is 12.2. The molecule has 1 amide bonds. The predicted octanol–water partition coefficient (Wildman–Crippen LogP) is 2.25. The van der Waals surface area contributed by atoms with E-state index in [0.717, 1.165) is 0 Å². The average molecular weight is 324 g/mol. The lowest BCUT2D eigenvalue weighted by Crippen LogP contribution is -2.16. The molecule has 4 rings (SSSR count). The van der Waals surface area contributed by atoms with Crippen molar-refractivity contribution in [3.63, 3.8) is 0 Å². The molecule has 7 heteroatoms. The van der Waals surface area contributed by atoms with Crippen LogP contribution in [0.2, 0.25) is 0 Å². The summed E-state index contributed by atoms with van der Waals surface area (Å²) < 4.78 is 20.5. The molecule has 0 radical (unpaired) electrons. The fraction of sp³-hybridized carbons (Fsp3) is 0.0588. The molecular weight excluding hydrogens is 311 g/mol. The summed E-state index contributed by atoms with van der Waals surface area (Å²) in [4.78, 5) is 11.8. The number of aromatic nitrogens is 2. The van der Waals surface area contributed by atoms with E-state index in [1.807, 2.05) is 0 Å². The number of hydrogen-bond donors (Lipinski definition) is 2. The molecule has 0 fully saturated rings. The van der Waals surface area contributed by atoms with Crippen LogP contribution in [0, 0.1) is 5.82 Å². The van der Waals surface area contributed by atoms with Gasteiger partial charge >= 0.3 is 0 Å². The van der Waals surface area contributed by atoms with Gasteiger partial charge in [-0.3, -0.25) is 4.79 Å². The first kappa shape index (κ1) is 14.3. The number of hydrogen-bond acceptors (Lipinski definition) is 4. The van der Waals surface area contributed by atoms with Crippen molar-refractivity contribution in [2.75, 3.05) is 5.73 Å². The van der Waals surface area contributed by atoms with Gasteiger partial charge in [0, 0.05) is 16.8 Å². The first-order valence-electron chi connectivity index (χ1n) is 7.25. The lowest BCUT2D eigenvalue weighted by Gasteiger charge is -2.20. The number of anilines is 1. The van der Waals surface area contributed by atoms with Crippen molar-refractivity contribution in [3.8, 4) is 22.7 Å². The van der Waals surface area contributed by atoms with Crippen LogP contribution in [-0.2, 0) is 6.61 Å². The average Bonchev–Trinajstić information content (AvgIpc) is 2.96. The number of benzene rings is 2. The molecule has 0 bridgehead atoms. The quantitative estimate of drug-likeness (QED) is 0.707. The summed E-state index contributed by atoms with van der Waals surface area (Å²) in [6.45, 7) is 0.172. The molecule has 4 N–H and O–H groups in total. The van der Waals surface area contributed by atoms with E-state index in [9.17, 15) is 9.18 Å². The van der Waals surface area contributed by atoms with Gasteiger partial charge in [-0.2, -0.15) is 5.10 Å². The van der Waals surface area contributed by atoms with Crippen LogP contribution in [0.25, 0.3) is 16.9 Å². The van der Waals surface area contributed by atoms with Gasteiger partial charge in [0.05, 0.1) is 11.4 Å². The SMILES string of the molecule is NC(=O)c1nn(-c2ccc(F)cc2)c2c1COc1ccc(N)cc1-2. The predicted molar refractivity (Wildman–Crippen MR) is 86.2 cm³/mol. The molecule has 0 unspecified atom stereocenters. The molecule has 1 aliphatic heterocycles. The summed E-state index contributed by atoms with van der Waals surface area (Å²) >= 11 is 0. The molecule has 24 heavy (non-hydrogen) atoms. The van der Waals surface area contributed by atoms with Crippen LogP contribution in [0.4, 0.5) is 10.1 Å². The van der Waals surface area contributed by atoms with Crippen LogP contribution < -0.4 is 16.2 Å². The number of carbonyl (C=O) groups excluding carboxylic acids is 1. The Balaban J connectivity index is 2.02. The third-order valence-electron chi connectivity index (χ3n) is 3.92. The zero-order valence-corrected chi connectivity index (χ0v) is 12.5. The molecule has 2 aromatic carbocycles. The molecule has 0 aliphatic carbocycles. The zero-order valence-electron chi connectivity index (χ0n) is 12.5. The largest absolute Gasteiger partial charge is 0.488 e. The highest BCUT2D eigenvalue weighted by molar-refractivity contribution is 5.95. The Bertz CT molecular complexity index is 963. The highest BCUT2D eigenvalue weighted by Gasteiger charge is 2.29. The molecule has 0 saturated carbocycles. The molecule has 6 nitrogen and oxygen atoms in total. The van der Waals surface area contributed by atoms with Crippen molar-refractivity contribution in [1.29, 1.82) is 0 Å². The minimum atomic E-state index is -0.650.